The number of esters is 1. The van der Waals surface area contributed by atoms with Crippen LogP contribution in [0.4, 0.5) is 0 Å². The maximum absolute atomic E-state index is 12.9. The van der Waals surface area contributed by atoms with Crippen molar-refractivity contribution in [3.63, 3.8) is 0 Å². The summed E-state index contributed by atoms with van der Waals surface area (Å²) in [6.07, 6.45) is 4.73. The second kappa shape index (κ2) is 7.57. The highest BCUT2D eigenvalue weighted by atomic mass is 32.1. The van der Waals surface area contributed by atoms with E-state index in [1.165, 1.54) is 18.4 Å². The molecule has 1 amide bonds. The molecule has 1 atom stereocenters. The Bertz CT molecular complexity index is 714. The van der Waals surface area contributed by atoms with Crippen LogP contribution in [0, 0.1) is 0 Å². The summed E-state index contributed by atoms with van der Waals surface area (Å²) in [7, 11) is 1.38. The quantitative estimate of drug-likeness (QED) is 0.798. The van der Waals surface area contributed by atoms with Gasteiger partial charge in [-0.15, -0.1) is 11.3 Å². The fraction of sp³-hybridized carbons (Fsp3) is 0.389. The van der Waals surface area contributed by atoms with Crippen molar-refractivity contribution in [1.82, 2.24) is 9.88 Å². The number of rotatable bonds is 4. The summed E-state index contributed by atoms with van der Waals surface area (Å²) in [6, 6.07) is 9.74. The monoisotopic (exact) mass is 344 g/mol. The molecule has 2 heterocycles. The molecule has 1 aromatic heterocycles. The van der Waals surface area contributed by atoms with Crippen LogP contribution in [-0.2, 0) is 9.53 Å². The molecule has 0 spiro atoms. The minimum absolute atomic E-state index is 0.0386. The highest BCUT2D eigenvalue weighted by Crippen LogP contribution is 2.28. The predicted octanol–water partition coefficient (Wildman–Crippen LogP) is 3.37. The standard InChI is InChI=1S/C18H20N2O3S/c1-23-16(21)11-14-9-5-6-10-20(14)18(22)15-12-19-17(24-15)13-7-3-2-4-8-13/h2-4,7-8,12,14H,5-6,9-11H2,1H3/t14-/m0/s1. The molecule has 0 aliphatic carbocycles. The zero-order valence-corrected chi connectivity index (χ0v) is 14.4. The van der Waals surface area contributed by atoms with Gasteiger partial charge in [0.25, 0.3) is 5.91 Å². The van der Waals surface area contributed by atoms with Gasteiger partial charge in [-0.3, -0.25) is 9.59 Å². The molecule has 3 rings (SSSR count). The molecule has 1 aliphatic rings. The fourth-order valence-corrected chi connectivity index (χ4v) is 3.86. The summed E-state index contributed by atoms with van der Waals surface area (Å²) in [5, 5.41) is 0.834. The van der Waals surface area contributed by atoms with Crippen molar-refractivity contribution >= 4 is 23.2 Å². The normalized spacial score (nSPS) is 17.5. The van der Waals surface area contributed by atoms with Crippen molar-refractivity contribution in [2.75, 3.05) is 13.7 Å². The topological polar surface area (TPSA) is 59.5 Å². The van der Waals surface area contributed by atoms with E-state index >= 15 is 0 Å². The van der Waals surface area contributed by atoms with Gasteiger partial charge in [-0.1, -0.05) is 30.3 Å². The van der Waals surface area contributed by atoms with E-state index in [9.17, 15) is 9.59 Å². The van der Waals surface area contributed by atoms with Crippen molar-refractivity contribution in [2.24, 2.45) is 0 Å². The van der Waals surface area contributed by atoms with Gasteiger partial charge < -0.3 is 9.64 Å². The van der Waals surface area contributed by atoms with E-state index in [2.05, 4.69) is 4.98 Å². The second-order valence-electron chi connectivity index (χ2n) is 5.82. The molecule has 0 unspecified atom stereocenters. The number of hydrogen-bond donors (Lipinski definition) is 0. The van der Waals surface area contributed by atoms with Crippen molar-refractivity contribution in [3.8, 4) is 10.6 Å². The van der Waals surface area contributed by atoms with E-state index in [0.717, 1.165) is 29.8 Å². The van der Waals surface area contributed by atoms with E-state index in [0.29, 0.717) is 11.4 Å². The molecule has 6 heteroatoms. The smallest absolute Gasteiger partial charge is 0.307 e. The zero-order valence-electron chi connectivity index (χ0n) is 13.6. The fourth-order valence-electron chi connectivity index (χ4n) is 2.98. The third kappa shape index (κ3) is 3.64. The first-order chi connectivity index (χ1) is 11.7. The lowest BCUT2D eigenvalue weighted by Crippen LogP contribution is -2.44. The van der Waals surface area contributed by atoms with E-state index in [-0.39, 0.29) is 24.3 Å². The summed E-state index contributed by atoms with van der Waals surface area (Å²) < 4.78 is 4.76. The largest absolute Gasteiger partial charge is 0.469 e. The van der Waals surface area contributed by atoms with Gasteiger partial charge in [-0.2, -0.15) is 0 Å². The number of methoxy groups -OCH3 is 1. The number of hydrogen-bond acceptors (Lipinski definition) is 5. The number of carbonyl (C=O) groups excluding carboxylic acids is 2. The maximum Gasteiger partial charge on any atom is 0.307 e. The van der Waals surface area contributed by atoms with Crippen LogP contribution in [0.1, 0.15) is 35.4 Å². The van der Waals surface area contributed by atoms with Gasteiger partial charge in [0, 0.05) is 18.2 Å². The number of ether oxygens (including phenoxy) is 1. The third-order valence-corrected chi connectivity index (χ3v) is 5.29. The number of carbonyl (C=O) groups is 2. The molecule has 1 saturated heterocycles. The first kappa shape index (κ1) is 16.6. The maximum atomic E-state index is 12.9. The Balaban J connectivity index is 1.77. The number of amides is 1. The minimum Gasteiger partial charge on any atom is -0.469 e. The molecule has 0 saturated carbocycles. The van der Waals surface area contributed by atoms with E-state index in [1.807, 2.05) is 35.2 Å². The molecule has 1 aliphatic heterocycles. The molecule has 2 aromatic rings. The van der Waals surface area contributed by atoms with Crippen LogP contribution in [0.5, 0.6) is 0 Å². The Labute approximate surface area is 145 Å². The van der Waals surface area contributed by atoms with Crippen LogP contribution in [0.25, 0.3) is 10.6 Å². The van der Waals surface area contributed by atoms with Gasteiger partial charge in [0.15, 0.2) is 0 Å². The SMILES string of the molecule is COC(=O)C[C@@H]1CCCCN1C(=O)c1cnc(-c2ccccc2)s1. The molecule has 0 radical (unpaired) electrons. The molecule has 0 N–H and O–H groups in total. The molecule has 126 valence electrons. The average Bonchev–Trinajstić information content (AvgIpc) is 3.12. The molecule has 0 bridgehead atoms. The Morgan fingerprint density at radius 1 is 1.29 bits per heavy atom. The number of nitrogens with zero attached hydrogens (tertiary/aromatic N) is 2. The molecular formula is C18H20N2O3S. The van der Waals surface area contributed by atoms with E-state index in [4.69, 9.17) is 4.74 Å². The van der Waals surface area contributed by atoms with E-state index in [1.54, 1.807) is 6.20 Å². The van der Waals surface area contributed by atoms with Gasteiger partial charge >= 0.3 is 5.97 Å². The second-order valence-corrected chi connectivity index (χ2v) is 6.85. The third-order valence-electron chi connectivity index (χ3n) is 4.26. The van der Waals surface area contributed by atoms with Crippen LogP contribution in [0.3, 0.4) is 0 Å². The van der Waals surface area contributed by atoms with Gasteiger partial charge in [-0.25, -0.2) is 4.98 Å². The van der Waals surface area contributed by atoms with E-state index < -0.39 is 0 Å². The minimum atomic E-state index is -0.269. The number of piperidine rings is 1. The summed E-state index contributed by atoms with van der Waals surface area (Å²) in [5.74, 6) is -0.308. The molecule has 24 heavy (non-hydrogen) atoms. The lowest BCUT2D eigenvalue weighted by molar-refractivity contribution is -0.142. The van der Waals surface area contributed by atoms with Gasteiger partial charge in [0.05, 0.1) is 19.7 Å². The van der Waals surface area contributed by atoms with Crippen LogP contribution in [0.15, 0.2) is 36.5 Å². The summed E-state index contributed by atoms with van der Waals surface area (Å²) in [5.41, 5.74) is 1.01. The van der Waals surface area contributed by atoms with Gasteiger partial charge in [0.2, 0.25) is 0 Å². The van der Waals surface area contributed by atoms with Crippen LogP contribution >= 0.6 is 11.3 Å². The summed E-state index contributed by atoms with van der Waals surface area (Å²) in [4.78, 5) is 31.3. The Morgan fingerprint density at radius 3 is 2.83 bits per heavy atom. The van der Waals surface area contributed by atoms with Gasteiger partial charge in [0.1, 0.15) is 9.88 Å². The zero-order chi connectivity index (χ0) is 16.9. The van der Waals surface area contributed by atoms with Crippen LogP contribution in [-0.4, -0.2) is 41.5 Å². The molecule has 1 aromatic carbocycles. The summed E-state index contributed by atoms with van der Waals surface area (Å²) >= 11 is 1.40. The van der Waals surface area contributed by atoms with Crippen molar-refractivity contribution in [2.45, 2.75) is 31.7 Å². The van der Waals surface area contributed by atoms with Gasteiger partial charge in [-0.05, 0) is 19.3 Å². The summed E-state index contributed by atoms with van der Waals surface area (Å²) in [6.45, 7) is 0.680. The van der Waals surface area contributed by atoms with Crippen molar-refractivity contribution in [3.05, 3.63) is 41.4 Å². The lowest BCUT2D eigenvalue weighted by Gasteiger charge is -2.34. The Morgan fingerprint density at radius 2 is 2.08 bits per heavy atom. The predicted molar refractivity (Wildman–Crippen MR) is 92.9 cm³/mol. The number of thiazole rings is 1. The number of aromatic nitrogens is 1. The van der Waals surface area contributed by atoms with Crippen LogP contribution in [0.2, 0.25) is 0 Å². The van der Waals surface area contributed by atoms with Crippen molar-refractivity contribution < 1.29 is 14.3 Å². The lowest BCUT2D eigenvalue weighted by atomic mass is 9.99. The highest BCUT2D eigenvalue weighted by molar-refractivity contribution is 7.16. The van der Waals surface area contributed by atoms with Crippen LogP contribution < -0.4 is 0 Å². The number of likely N-dealkylation sites (tertiary alicyclic amines) is 1. The number of benzene rings is 1. The highest BCUT2D eigenvalue weighted by Gasteiger charge is 2.30. The Hall–Kier alpha value is -2.21. The van der Waals surface area contributed by atoms with Crippen molar-refractivity contribution in [1.29, 1.82) is 0 Å². The average molecular weight is 344 g/mol. The first-order valence-electron chi connectivity index (χ1n) is 8.08. The molecule has 1 fully saturated rings. The molecular weight excluding hydrogens is 324 g/mol. The first-order valence-corrected chi connectivity index (χ1v) is 8.89. The Kier molecular flexibility index (Phi) is 5.25. The molecule has 5 nitrogen and oxygen atoms in total.